The number of carbonyl (C=O) groups is 2. The molecule has 0 aliphatic carbocycles. The molecule has 0 saturated carbocycles. The molecule has 0 saturated heterocycles. The molecule has 16 nitrogen and oxygen atoms in total. The first-order valence-electron chi connectivity index (χ1n) is 24.4. The Bertz CT molecular complexity index is 1060. The van der Waals surface area contributed by atoms with E-state index < -0.39 is 50.4 Å². The molecule has 0 fully saturated rings. The number of carbonyl (C=O) groups excluding carboxylic acids is 2. The topological polar surface area (TPSA) is 207 Å². The van der Waals surface area contributed by atoms with Crippen molar-refractivity contribution < 1.29 is 74.9 Å². The van der Waals surface area contributed by atoms with Gasteiger partial charge in [-0.25, -0.2) is 0 Å². The summed E-state index contributed by atoms with van der Waals surface area (Å²) in [5.74, 6) is -0.535. The van der Waals surface area contributed by atoms with Crippen molar-refractivity contribution in [1.29, 1.82) is 0 Å². The Labute approximate surface area is 400 Å². The third-order valence-corrected chi connectivity index (χ3v) is 35.0. The average Bonchev–Trinajstić information content (AvgIpc) is 3.19. The van der Waals surface area contributed by atoms with Crippen molar-refractivity contribution in [2.75, 3.05) is 92.5 Å². The van der Waals surface area contributed by atoms with Crippen molar-refractivity contribution >= 4 is 62.3 Å². The lowest BCUT2D eigenvalue weighted by molar-refractivity contribution is -0.146. The van der Waals surface area contributed by atoms with Crippen molar-refractivity contribution in [3.63, 3.8) is 0 Å². The first-order chi connectivity index (χ1) is 30.6. The molecule has 0 heterocycles. The Morgan fingerprint density at radius 3 is 0.831 bits per heavy atom. The van der Waals surface area contributed by atoms with Gasteiger partial charge in [0.1, 0.15) is 0 Å². The van der Waals surface area contributed by atoms with E-state index >= 15 is 0 Å². The maximum atomic E-state index is 12.7. The van der Waals surface area contributed by atoms with Gasteiger partial charge in [0.15, 0.2) is 33.3 Å². The van der Waals surface area contributed by atoms with Crippen LogP contribution < -0.4 is 0 Å². The third-order valence-electron chi connectivity index (χ3n) is 10.5. The molecule has 65 heavy (non-hydrogen) atoms. The van der Waals surface area contributed by atoms with Crippen LogP contribution in [-0.2, 0) is 54.5 Å². The summed E-state index contributed by atoms with van der Waals surface area (Å²) < 4.78 is 60.9. The van der Waals surface area contributed by atoms with Crippen LogP contribution in [0.4, 0.5) is 0 Å². The molecule has 0 spiro atoms. The largest absolute Gasteiger partial charge is 0.466 e. The Hall–Kier alpha value is -0.239. The summed E-state index contributed by atoms with van der Waals surface area (Å²) in [5.41, 5.74) is 0. The minimum atomic E-state index is -2.61. The summed E-state index contributed by atoms with van der Waals surface area (Å²) in [4.78, 5) is 25.3. The molecule has 0 aromatic heterocycles. The molecule has 0 atom stereocenters. The molecule has 0 aliphatic heterocycles. The summed E-state index contributed by atoms with van der Waals surface area (Å²) in [6.07, 6.45) is 7.37. The summed E-state index contributed by atoms with van der Waals surface area (Å²) >= 11 is 0. The molecule has 0 bridgehead atoms. The van der Waals surface area contributed by atoms with Crippen LogP contribution in [0.25, 0.3) is 0 Å². The van der Waals surface area contributed by atoms with Crippen LogP contribution in [0.1, 0.15) is 70.6 Å². The van der Waals surface area contributed by atoms with Gasteiger partial charge >= 0.3 is 29.1 Å². The quantitative estimate of drug-likeness (QED) is 0.0266. The van der Waals surface area contributed by atoms with E-state index in [1.54, 1.807) is 0 Å². The van der Waals surface area contributed by atoms with Crippen molar-refractivity contribution in [3.05, 3.63) is 0 Å². The molecule has 0 unspecified atom stereocenters. The zero-order valence-corrected chi connectivity index (χ0v) is 48.6. The fourth-order valence-electron chi connectivity index (χ4n) is 7.86. The zero-order chi connectivity index (χ0) is 49.1. The molecule has 0 radical (unpaired) electrons. The highest BCUT2D eigenvalue weighted by molar-refractivity contribution is 6.89. The highest BCUT2D eigenvalue weighted by atomic mass is 28.5. The van der Waals surface area contributed by atoms with Gasteiger partial charge in [-0.15, -0.1) is 0 Å². The van der Waals surface area contributed by atoms with Gasteiger partial charge in [0.05, 0.1) is 66.1 Å². The number of aliphatic hydroxyl groups is 4. The first-order valence-corrected chi connectivity index (χ1v) is 41.9. The van der Waals surface area contributed by atoms with E-state index in [0.717, 1.165) is 74.8 Å². The van der Waals surface area contributed by atoms with Gasteiger partial charge in [0, 0.05) is 45.7 Å². The Morgan fingerprint density at radius 2 is 0.585 bits per heavy atom. The predicted octanol–water partition coefficient (Wildman–Crippen LogP) is 7.43. The Morgan fingerprint density at radius 1 is 0.323 bits per heavy atom. The second-order valence-corrected chi connectivity index (χ2v) is 44.6. The van der Waals surface area contributed by atoms with Gasteiger partial charge in [-0.2, -0.15) is 0 Å². The third kappa shape index (κ3) is 38.2. The molecule has 0 amide bonds. The van der Waals surface area contributed by atoms with Crippen molar-refractivity contribution in [2.45, 2.75) is 172 Å². The van der Waals surface area contributed by atoms with Crippen LogP contribution in [0, 0.1) is 0 Å². The van der Waals surface area contributed by atoms with Crippen molar-refractivity contribution in [3.8, 4) is 0 Å². The van der Waals surface area contributed by atoms with Gasteiger partial charge in [0.2, 0.25) is 0 Å². The standard InChI is InChI=1S/C43H96O16Si6/c1-60(2,36-16-26-50-32-22-44)56-64(9,57-61(3,4)37-17-27-51-33-23-45)40-13-11-20-42(48)54-30-15-31-55-43(49)21-12-14-41-65(10,58-62(5,6)38-18-28-52-34-24-46)59-63(7,8)39-19-29-53-35-25-47/h44-47H,11-41H2,1-10H3. The maximum absolute atomic E-state index is 12.7. The highest BCUT2D eigenvalue weighted by Gasteiger charge is 2.44. The summed E-state index contributed by atoms with van der Waals surface area (Å²) in [6.45, 7) is 26.2. The van der Waals surface area contributed by atoms with E-state index in [2.05, 4.69) is 65.5 Å². The average molecular weight is 1040 g/mol. The van der Waals surface area contributed by atoms with Crippen molar-refractivity contribution in [1.82, 2.24) is 0 Å². The Kier molecular flexibility index (Phi) is 36.5. The predicted molar refractivity (Wildman–Crippen MR) is 271 cm³/mol. The lowest BCUT2D eigenvalue weighted by Gasteiger charge is -2.41. The summed E-state index contributed by atoms with van der Waals surface area (Å²) in [7, 11) is -13.6. The van der Waals surface area contributed by atoms with Gasteiger partial charge in [-0.1, -0.05) is 12.8 Å². The van der Waals surface area contributed by atoms with Gasteiger partial charge in [-0.05, 0) is 140 Å². The second kappa shape index (κ2) is 36.7. The van der Waals surface area contributed by atoms with Gasteiger partial charge < -0.3 is 65.3 Å². The number of aliphatic hydroxyl groups excluding tert-OH is 4. The normalized spacial score (nSPS) is 13.1. The van der Waals surface area contributed by atoms with Crippen LogP contribution in [-0.4, -0.2) is 175 Å². The molecule has 0 aromatic rings. The number of ether oxygens (including phenoxy) is 6. The fraction of sp³-hybridized carbons (Fsp3) is 0.953. The van der Waals surface area contributed by atoms with E-state index in [4.69, 9.17) is 65.3 Å². The monoisotopic (exact) mass is 1040 g/mol. The van der Waals surface area contributed by atoms with E-state index in [0.29, 0.717) is 85.0 Å². The lowest BCUT2D eigenvalue weighted by atomic mass is 10.2. The van der Waals surface area contributed by atoms with E-state index in [-0.39, 0.29) is 51.6 Å². The lowest BCUT2D eigenvalue weighted by Crippen LogP contribution is -2.54. The van der Waals surface area contributed by atoms with Crippen LogP contribution in [0.2, 0.25) is 102 Å². The number of unbranched alkanes of at least 4 members (excludes halogenated alkanes) is 2. The van der Waals surface area contributed by atoms with Crippen LogP contribution >= 0.6 is 0 Å². The highest BCUT2D eigenvalue weighted by Crippen LogP contribution is 2.32. The van der Waals surface area contributed by atoms with Crippen molar-refractivity contribution in [2.24, 2.45) is 0 Å². The molecular formula is C43H96O16Si6. The molecule has 0 aromatic carbocycles. The molecule has 4 N–H and O–H groups in total. The molecular weight excluding hydrogens is 941 g/mol. The SMILES string of the molecule is C[Si](C)(CCCOCCO)O[Si](C)(CCCCC(=O)OCCCOC(=O)CCCC[Si](C)(O[Si](C)(C)CCCOCCO)O[Si](C)(C)CCCOCCO)O[Si](C)(C)CCCOCCO. The van der Waals surface area contributed by atoms with E-state index in [9.17, 15) is 9.59 Å². The number of rotatable bonds is 46. The van der Waals surface area contributed by atoms with Crippen LogP contribution in [0.5, 0.6) is 0 Å². The number of hydrogen-bond donors (Lipinski definition) is 4. The minimum absolute atomic E-state index is 0.0140. The fourth-order valence-corrected chi connectivity index (χ4v) is 36.7. The van der Waals surface area contributed by atoms with Crippen LogP contribution in [0.3, 0.4) is 0 Å². The second-order valence-electron chi connectivity index (χ2n) is 19.7. The number of hydrogen-bond acceptors (Lipinski definition) is 16. The molecule has 0 rings (SSSR count). The first kappa shape index (κ1) is 64.8. The summed E-state index contributed by atoms with van der Waals surface area (Å²) in [6, 6.07) is 5.24. The number of esters is 2. The molecule has 388 valence electrons. The smallest absolute Gasteiger partial charge is 0.314 e. The van der Waals surface area contributed by atoms with Crippen LogP contribution in [0.15, 0.2) is 0 Å². The minimum Gasteiger partial charge on any atom is -0.466 e. The van der Waals surface area contributed by atoms with Gasteiger partial charge in [-0.3, -0.25) is 9.59 Å². The maximum Gasteiger partial charge on any atom is 0.314 e. The van der Waals surface area contributed by atoms with E-state index in [1.165, 1.54) is 0 Å². The summed E-state index contributed by atoms with van der Waals surface area (Å²) in [5, 5.41) is 36.1. The molecule has 0 aliphatic rings. The molecule has 22 heteroatoms. The van der Waals surface area contributed by atoms with E-state index in [1.807, 2.05) is 0 Å². The zero-order valence-electron chi connectivity index (χ0n) is 42.6. The van der Waals surface area contributed by atoms with Gasteiger partial charge in [0.25, 0.3) is 0 Å². The Balaban J connectivity index is 4.95.